The van der Waals surface area contributed by atoms with Crippen LogP contribution in [0.5, 0.6) is 0 Å². The summed E-state index contributed by atoms with van der Waals surface area (Å²) in [7, 11) is 0. The average molecular weight is 641 g/mol. The van der Waals surface area contributed by atoms with Crippen molar-refractivity contribution in [2.45, 2.75) is 99.3 Å². The van der Waals surface area contributed by atoms with E-state index in [9.17, 15) is 9.59 Å². The fraction of sp³-hybridized carbons (Fsp3) is 0.634. The van der Waals surface area contributed by atoms with Crippen LogP contribution in [0.3, 0.4) is 0 Å². The van der Waals surface area contributed by atoms with Gasteiger partial charge in [-0.1, -0.05) is 66.5 Å². The summed E-state index contributed by atoms with van der Waals surface area (Å²) < 4.78 is 0. The van der Waals surface area contributed by atoms with Crippen molar-refractivity contribution in [2.75, 3.05) is 49.1 Å². The summed E-state index contributed by atoms with van der Waals surface area (Å²) in [6.45, 7) is 23.2. The highest BCUT2D eigenvalue weighted by Gasteiger charge is 2.37. The molecule has 2 unspecified atom stereocenters. The molecular formula is C41H60N4O2. The minimum Gasteiger partial charge on any atom is -0.371 e. The Labute approximate surface area is 285 Å². The lowest BCUT2D eigenvalue weighted by Crippen LogP contribution is -2.52. The predicted octanol–water partition coefficient (Wildman–Crippen LogP) is 9.16. The summed E-state index contributed by atoms with van der Waals surface area (Å²) in [6.07, 6.45) is 12.7. The smallest absolute Gasteiger partial charge is 0.272 e. The molecule has 2 atom stereocenters. The maximum absolute atomic E-state index is 13.4. The Kier molecular flexibility index (Phi) is 11.5. The van der Waals surface area contributed by atoms with Gasteiger partial charge in [-0.25, -0.2) is 4.98 Å². The van der Waals surface area contributed by atoms with Gasteiger partial charge < -0.3 is 14.7 Å². The summed E-state index contributed by atoms with van der Waals surface area (Å²) in [5, 5.41) is 0. The molecule has 0 saturated carbocycles. The number of ketones is 1. The maximum Gasteiger partial charge on any atom is 0.272 e. The fourth-order valence-electron chi connectivity index (χ4n) is 8.54. The first kappa shape index (κ1) is 35.2. The summed E-state index contributed by atoms with van der Waals surface area (Å²) in [5.41, 5.74) is 6.14. The van der Waals surface area contributed by atoms with Gasteiger partial charge >= 0.3 is 0 Å². The van der Waals surface area contributed by atoms with Gasteiger partial charge in [-0.05, 0) is 110 Å². The lowest BCUT2D eigenvalue weighted by Gasteiger charge is -2.47. The molecular weight excluding hydrogens is 580 g/mol. The van der Waals surface area contributed by atoms with E-state index in [1.54, 1.807) is 6.92 Å². The van der Waals surface area contributed by atoms with Crippen molar-refractivity contribution < 1.29 is 9.59 Å². The van der Waals surface area contributed by atoms with Crippen LogP contribution in [0.4, 0.5) is 11.4 Å². The van der Waals surface area contributed by atoms with Crippen LogP contribution < -0.4 is 9.80 Å². The Balaban J connectivity index is 1.09. The number of hydrogen-bond acceptors (Lipinski definition) is 5. The molecule has 3 fully saturated rings. The van der Waals surface area contributed by atoms with Crippen LogP contribution in [0, 0.1) is 29.1 Å². The largest absolute Gasteiger partial charge is 0.371 e. The van der Waals surface area contributed by atoms with Crippen LogP contribution in [-0.2, 0) is 0 Å². The van der Waals surface area contributed by atoms with E-state index in [4.69, 9.17) is 0 Å². The third-order valence-corrected chi connectivity index (χ3v) is 12.2. The topological polar surface area (TPSA) is 56.8 Å². The second-order valence-electron chi connectivity index (χ2n) is 15.3. The number of rotatable bonds is 13. The third kappa shape index (κ3) is 7.95. The Hall–Kier alpha value is -3.15. The van der Waals surface area contributed by atoms with Crippen molar-refractivity contribution >= 4 is 28.6 Å². The number of pyridine rings is 1. The van der Waals surface area contributed by atoms with Crippen LogP contribution in [0.2, 0.25) is 0 Å². The highest BCUT2D eigenvalue weighted by atomic mass is 16.2. The van der Waals surface area contributed by atoms with Crippen molar-refractivity contribution in [1.29, 1.82) is 0 Å². The summed E-state index contributed by atoms with van der Waals surface area (Å²) in [5.74, 6) is 2.58. The molecule has 2 aromatic rings. The Morgan fingerprint density at radius 1 is 0.915 bits per heavy atom. The summed E-state index contributed by atoms with van der Waals surface area (Å²) >= 11 is 0. The number of allylic oxidation sites excluding steroid dienone is 1. The minimum absolute atomic E-state index is 0.0645. The van der Waals surface area contributed by atoms with Crippen LogP contribution in [0.15, 0.2) is 43.1 Å². The van der Waals surface area contributed by atoms with Crippen molar-refractivity contribution in [3.05, 3.63) is 59.9 Å². The van der Waals surface area contributed by atoms with Crippen molar-refractivity contribution in [2.24, 2.45) is 29.1 Å². The zero-order valence-electron chi connectivity index (χ0n) is 30.2. The van der Waals surface area contributed by atoms with Crippen molar-refractivity contribution in [1.82, 2.24) is 9.88 Å². The lowest BCUT2D eigenvalue weighted by atomic mass is 9.70. The molecule has 0 spiro atoms. The molecule has 5 rings (SSSR count). The second kappa shape index (κ2) is 15.4. The number of anilines is 2. The quantitative estimate of drug-likeness (QED) is 0.204. The number of amides is 1. The van der Waals surface area contributed by atoms with Gasteiger partial charge in [-0.3, -0.25) is 9.59 Å². The second-order valence-corrected chi connectivity index (χ2v) is 15.3. The first-order chi connectivity index (χ1) is 22.6. The molecule has 1 aromatic heterocycles. The standard InChI is InChI=1S/C41H60N4O2/c1-8-11-29(4)25-41(10-3)18-22-43(23-19-41)36-13-15-39(42-26-36)40(47)44-20-16-33(17-21-44)34-27-45(28-34)35-12-14-37(31(6)30(5)9-2)38(24-35)32(7)46/h12-15,24,26,29-30,33-34H,6,8-11,16-23,25,27-28H2,1-5,7H3. The Bertz CT molecular complexity index is 1380. The molecule has 0 N–H and O–H groups in total. The fourth-order valence-corrected chi connectivity index (χ4v) is 8.54. The van der Waals surface area contributed by atoms with Gasteiger partial charge in [0.05, 0.1) is 11.9 Å². The summed E-state index contributed by atoms with van der Waals surface area (Å²) in [4.78, 5) is 37.5. The van der Waals surface area contributed by atoms with E-state index in [0.29, 0.717) is 28.9 Å². The van der Waals surface area contributed by atoms with Gasteiger partial charge in [-0.2, -0.15) is 0 Å². The molecule has 1 amide bonds. The zero-order valence-corrected chi connectivity index (χ0v) is 30.2. The lowest BCUT2D eigenvalue weighted by molar-refractivity contribution is 0.0637. The zero-order chi connectivity index (χ0) is 33.7. The third-order valence-electron chi connectivity index (χ3n) is 12.2. The number of carbonyl (C=O) groups excluding carboxylic acids is 2. The Morgan fingerprint density at radius 3 is 2.17 bits per heavy atom. The van der Waals surface area contributed by atoms with Crippen LogP contribution in [0.25, 0.3) is 5.57 Å². The van der Waals surface area contributed by atoms with Gasteiger partial charge in [0.1, 0.15) is 5.69 Å². The molecule has 0 aliphatic carbocycles. The van der Waals surface area contributed by atoms with Gasteiger partial charge in [-0.15, -0.1) is 0 Å². The molecule has 6 nitrogen and oxygen atoms in total. The number of benzene rings is 1. The number of carbonyl (C=O) groups is 2. The van der Waals surface area contributed by atoms with Gasteiger partial charge in [0.25, 0.3) is 5.91 Å². The molecule has 1 aromatic carbocycles. The number of aromatic nitrogens is 1. The highest BCUT2D eigenvalue weighted by Crippen LogP contribution is 2.42. The van der Waals surface area contributed by atoms with Crippen LogP contribution in [-0.4, -0.2) is 60.8 Å². The SMILES string of the molecule is C=C(c1ccc(N2CC(C3CCN(C(=O)c4ccc(N5CCC(CC)(CC(C)CCC)CC5)cn4)CC3)C2)cc1C(C)=O)C(C)CC. The van der Waals surface area contributed by atoms with Crippen molar-refractivity contribution in [3.8, 4) is 0 Å². The number of nitrogens with zero attached hydrogens (tertiary/aromatic N) is 4. The molecule has 3 saturated heterocycles. The molecule has 4 heterocycles. The van der Waals surface area contributed by atoms with E-state index >= 15 is 0 Å². The number of likely N-dealkylation sites (tertiary alicyclic amines) is 1. The monoisotopic (exact) mass is 640 g/mol. The molecule has 47 heavy (non-hydrogen) atoms. The minimum atomic E-state index is 0.0645. The molecule has 0 radical (unpaired) electrons. The number of Topliss-reactive ketones (excluding diaryl/α,β-unsaturated/α-hetero) is 1. The number of piperidine rings is 2. The maximum atomic E-state index is 13.4. The van der Waals surface area contributed by atoms with Crippen LogP contribution in [0.1, 0.15) is 126 Å². The predicted molar refractivity (Wildman–Crippen MR) is 196 cm³/mol. The van der Waals surface area contributed by atoms with E-state index in [2.05, 4.69) is 80.2 Å². The normalized spacial score (nSPS) is 20.1. The van der Waals surface area contributed by atoms with E-state index in [-0.39, 0.29) is 11.7 Å². The van der Waals surface area contributed by atoms with Gasteiger partial charge in [0.2, 0.25) is 0 Å². The first-order valence-electron chi connectivity index (χ1n) is 18.7. The van der Waals surface area contributed by atoms with Crippen molar-refractivity contribution in [3.63, 3.8) is 0 Å². The molecule has 3 aliphatic rings. The average Bonchev–Trinajstić information content (AvgIpc) is 3.07. The number of hydrogen-bond donors (Lipinski definition) is 0. The Morgan fingerprint density at radius 2 is 1.60 bits per heavy atom. The van der Waals surface area contributed by atoms with Gasteiger partial charge in [0.15, 0.2) is 5.78 Å². The first-order valence-corrected chi connectivity index (χ1v) is 18.7. The van der Waals surface area contributed by atoms with E-state index in [1.165, 1.54) is 38.5 Å². The van der Waals surface area contributed by atoms with E-state index in [0.717, 1.165) is 92.5 Å². The molecule has 6 heteroatoms. The van der Waals surface area contributed by atoms with Gasteiger partial charge in [0, 0.05) is 50.5 Å². The molecule has 256 valence electrons. The van der Waals surface area contributed by atoms with E-state index < -0.39 is 0 Å². The highest BCUT2D eigenvalue weighted by molar-refractivity contribution is 6.00. The summed E-state index contributed by atoms with van der Waals surface area (Å²) in [6, 6.07) is 10.4. The molecule has 3 aliphatic heterocycles. The van der Waals surface area contributed by atoms with Crippen LogP contribution >= 0.6 is 0 Å². The van der Waals surface area contributed by atoms with E-state index in [1.807, 2.05) is 17.2 Å². The molecule has 0 bridgehead atoms.